The lowest BCUT2D eigenvalue weighted by molar-refractivity contribution is -0.138. The maximum atomic E-state index is 10.1. The minimum atomic E-state index is -1.05. The highest BCUT2D eigenvalue weighted by Gasteiger charge is 2.14. The fourth-order valence-corrected chi connectivity index (χ4v) is 0.534. The Morgan fingerprint density at radius 2 is 2.40 bits per heavy atom. The molecule has 0 saturated heterocycles. The Hall–Kier alpha value is -1.08. The lowest BCUT2D eigenvalue weighted by atomic mass is 10.0. The van der Waals surface area contributed by atoms with Crippen LogP contribution in [0, 0.1) is 17.2 Å². The fourth-order valence-electron chi connectivity index (χ4n) is 0.534. The highest BCUT2D eigenvalue weighted by Crippen LogP contribution is 2.01. The lowest BCUT2D eigenvalue weighted by Crippen LogP contribution is -2.31. The first-order chi connectivity index (χ1) is 4.57. The molecule has 0 unspecified atom stereocenters. The fraction of sp³-hybridized carbons (Fsp3) is 0.667. The van der Waals surface area contributed by atoms with Gasteiger partial charge in [0.15, 0.2) is 0 Å². The van der Waals surface area contributed by atoms with Gasteiger partial charge in [-0.2, -0.15) is 5.26 Å². The Kier molecular flexibility index (Phi) is 3.44. The van der Waals surface area contributed by atoms with Gasteiger partial charge in [-0.3, -0.25) is 4.79 Å². The summed E-state index contributed by atoms with van der Waals surface area (Å²) >= 11 is 0. The van der Waals surface area contributed by atoms with Gasteiger partial charge in [-0.15, -0.1) is 0 Å². The zero-order valence-electron chi connectivity index (χ0n) is 5.74. The number of carboxylic acid groups (broad SMARTS) is 1. The van der Waals surface area contributed by atoms with Gasteiger partial charge in [-0.25, -0.2) is 0 Å². The van der Waals surface area contributed by atoms with E-state index in [4.69, 9.17) is 16.1 Å². The molecular formula is C6H10N2O2. The third-order valence-corrected chi connectivity index (χ3v) is 1.15. The van der Waals surface area contributed by atoms with E-state index < -0.39 is 12.0 Å². The second kappa shape index (κ2) is 3.85. The number of carboxylic acids is 1. The number of rotatable bonds is 3. The number of carbonyl (C=O) groups is 1. The Balaban J connectivity index is 3.70. The Bertz CT molecular complexity index is 162. The quantitative estimate of drug-likeness (QED) is 0.578. The maximum Gasteiger partial charge on any atom is 0.320 e. The summed E-state index contributed by atoms with van der Waals surface area (Å²) in [5, 5.41) is 16.6. The second-order valence-electron chi connectivity index (χ2n) is 2.21. The van der Waals surface area contributed by atoms with Crippen molar-refractivity contribution in [1.82, 2.24) is 0 Å². The van der Waals surface area contributed by atoms with E-state index in [9.17, 15) is 4.79 Å². The van der Waals surface area contributed by atoms with Crippen LogP contribution in [-0.2, 0) is 4.79 Å². The molecule has 0 aliphatic heterocycles. The van der Waals surface area contributed by atoms with Gasteiger partial charge in [0.1, 0.15) is 6.04 Å². The van der Waals surface area contributed by atoms with E-state index in [1.165, 1.54) is 0 Å². The number of nitrogens with zero attached hydrogens (tertiary/aromatic N) is 1. The van der Waals surface area contributed by atoms with Crippen molar-refractivity contribution < 1.29 is 9.90 Å². The molecule has 2 atom stereocenters. The van der Waals surface area contributed by atoms with Crippen LogP contribution in [0.15, 0.2) is 0 Å². The first-order valence-electron chi connectivity index (χ1n) is 2.96. The molecule has 0 saturated carbocycles. The monoisotopic (exact) mass is 142 g/mol. The Labute approximate surface area is 59.3 Å². The standard InChI is InChI=1S/C6H10N2O2/c1-4(3-7)2-5(8)6(9)10/h4-5H,2,8H2,1H3,(H,9,10)/t4-,5-/m0/s1. The van der Waals surface area contributed by atoms with Crippen molar-refractivity contribution in [2.45, 2.75) is 19.4 Å². The molecule has 0 aromatic heterocycles. The molecule has 0 amide bonds. The van der Waals surface area contributed by atoms with Crippen LogP contribution in [0.5, 0.6) is 0 Å². The minimum Gasteiger partial charge on any atom is -0.480 e. The van der Waals surface area contributed by atoms with Gasteiger partial charge in [0, 0.05) is 5.92 Å². The van der Waals surface area contributed by atoms with Crippen LogP contribution in [0.4, 0.5) is 0 Å². The highest BCUT2D eigenvalue weighted by atomic mass is 16.4. The molecule has 3 N–H and O–H groups in total. The van der Waals surface area contributed by atoms with Crippen LogP contribution in [0.1, 0.15) is 13.3 Å². The van der Waals surface area contributed by atoms with E-state index in [1.54, 1.807) is 6.92 Å². The zero-order chi connectivity index (χ0) is 8.15. The Morgan fingerprint density at radius 3 is 2.70 bits per heavy atom. The van der Waals surface area contributed by atoms with E-state index in [2.05, 4.69) is 0 Å². The van der Waals surface area contributed by atoms with E-state index in [-0.39, 0.29) is 12.3 Å². The third kappa shape index (κ3) is 3.05. The predicted molar refractivity (Wildman–Crippen MR) is 35.0 cm³/mol. The predicted octanol–water partition coefficient (Wildman–Crippen LogP) is -0.0519. The van der Waals surface area contributed by atoms with Gasteiger partial charge in [-0.05, 0) is 13.3 Å². The summed E-state index contributed by atoms with van der Waals surface area (Å²) in [4.78, 5) is 10.1. The summed E-state index contributed by atoms with van der Waals surface area (Å²) < 4.78 is 0. The Morgan fingerprint density at radius 1 is 1.90 bits per heavy atom. The summed E-state index contributed by atoms with van der Waals surface area (Å²) in [5.41, 5.74) is 5.14. The van der Waals surface area contributed by atoms with Crippen LogP contribution < -0.4 is 5.73 Å². The minimum absolute atomic E-state index is 0.214. The summed E-state index contributed by atoms with van der Waals surface area (Å²) in [6.07, 6.45) is 0.214. The molecule has 0 aromatic carbocycles. The number of hydrogen-bond donors (Lipinski definition) is 2. The van der Waals surface area contributed by atoms with Gasteiger partial charge in [0.05, 0.1) is 6.07 Å². The van der Waals surface area contributed by atoms with E-state index >= 15 is 0 Å². The van der Waals surface area contributed by atoms with Crippen molar-refractivity contribution in [3.63, 3.8) is 0 Å². The molecule has 0 fully saturated rings. The van der Waals surface area contributed by atoms with Crippen molar-refractivity contribution >= 4 is 5.97 Å². The number of aliphatic carboxylic acids is 1. The zero-order valence-corrected chi connectivity index (χ0v) is 5.74. The number of hydrogen-bond acceptors (Lipinski definition) is 3. The van der Waals surface area contributed by atoms with Crippen molar-refractivity contribution in [2.24, 2.45) is 11.7 Å². The van der Waals surface area contributed by atoms with Crippen molar-refractivity contribution in [3.8, 4) is 6.07 Å². The molecule has 56 valence electrons. The number of nitriles is 1. The molecule has 0 rings (SSSR count). The maximum absolute atomic E-state index is 10.1. The highest BCUT2D eigenvalue weighted by molar-refractivity contribution is 5.73. The average Bonchev–Trinajstić information content (AvgIpc) is 1.87. The summed E-state index contributed by atoms with van der Waals surface area (Å²) in [7, 11) is 0. The van der Waals surface area contributed by atoms with Crippen LogP contribution in [0.3, 0.4) is 0 Å². The lowest BCUT2D eigenvalue weighted by Gasteiger charge is -2.05. The SMILES string of the molecule is C[C@H](C#N)C[C@H](N)C(=O)O. The molecule has 4 heteroatoms. The molecule has 0 aliphatic carbocycles. The van der Waals surface area contributed by atoms with Crippen LogP contribution in [0.25, 0.3) is 0 Å². The molecule has 0 radical (unpaired) electrons. The van der Waals surface area contributed by atoms with Crippen LogP contribution in [-0.4, -0.2) is 17.1 Å². The van der Waals surface area contributed by atoms with E-state index in [0.29, 0.717) is 0 Å². The molecule has 0 spiro atoms. The summed E-state index contributed by atoms with van der Waals surface area (Å²) in [6.45, 7) is 1.64. The molecule has 0 aromatic rings. The molecule has 0 aliphatic rings. The van der Waals surface area contributed by atoms with Crippen LogP contribution >= 0.6 is 0 Å². The van der Waals surface area contributed by atoms with Gasteiger partial charge in [-0.1, -0.05) is 0 Å². The molecular weight excluding hydrogens is 132 g/mol. The second-order valence-corrected chi connectivity index (χ2v) is 2.21. The topological polar surface area (TPSA) is 87.1 Å². The molecule has 10 heavy (non-hydrogen) atoms. The van der Waals surface area contributed by atoms with Gasteiger partial charge < -0.3 is 10.8 Å². The van der Waals surface area contributed by atoms with Crippen molar-refractivity contribution in [3.05, 3.63) is 0 Å². The first-order valence-corrected chi connectivity index (χ1v) is 2.96. The molecule has 0 bridgehead atoms. The number of nitrogens with two attached hydrogens (primary N) is 1. The van der Waals surface area contributed by atoms with Crippen LogP contribution in [0.2, 0.25) is 0 Å². The normalized spacial score (nSPS) is 15.3. The first kappa shape index (κ1) is 8.92. The van der Waals surface area contributed by atoms with Gasteiger partial charge >= 0.3 is 5.97 Å². The molecule has 4 nitrogen and oxygen atoms in total. The van der Waals surface area contributed by atoms with E-state index in [1.807, 2.05) is 6.07 Å². The molecule has 0 heterocycles. The smallest absolute Gasteiger partial charge is 0.320 e. The largest absolute Gasteiger partial charge is 0.480 e. The summed E-state index contributed by atoms with van der Waals surface area (Å²) in [6, 6.07) is 1.000. The average molecular weight is 142 g/mol. The van der Waals surface area contributed by atoms with Gasteiger partial charge in [0.2, 0.25) is 0 Å². The third-order valence-electron chi connectivity index (χ3n) is 1.15. The van der Waals surface area contributed by atoms with Gasteiger partial charge in [0.25, 0.3) is 0 Å². The van der Waals surface area contributed by atoms with Crippen molar-refractivity contribution in [1.29, 1.82) is 5.26 Å². The van der Waals surface area contributed by atoms with Crippen molar-refractivity contribution in [2.75, 3.05) is 0 Å². The summed E-state index contributed by atoms with van der Waals surface area (Å²) in [5.74, 6) is -1.34. The van der Waals surface area contributed by atoms with E-state index in [0.717, 1.165) is 0 Å².